The van der Waals surface area contributed by atoms with E-state index in [4.69, 9.17) is 4.74 Å². The Hall–Kier alpha value is -2.98. The van der Waals surface area contributed by atoms with Crippen molar-refractivity contribution in [3.05, 3.63) is 71.8 Å². The molecule has 2 aromatic carbocycles. The smallest absolute Gasteiger partial charge is 0.416 e. The first-order valence-electron chi connectivity index (χ1n) is 8.86. The van der Waals surface area contributed by atoms with Gasteiger partial charge in [-0.05, 0) is 37.3 Å². The van der Waals surface area contributed by atoms with Crippen molar-refractivity contribution < 1.29 is 26.3 Å². The lowest BCUT2D eigenvalue weighted by atomic mass is 10.1. The van der Waals surface area contributed by atoms with Crippen LogP contribution in [-0.4, -0.2) is 31.8 Å². The van der Waals surface area contributed by atoms with Gasteiger partial charge in [-0.3, -0.25) is 0 Å². The first kappa shape index (κ1) is 21.7. The molecule has 0 radical (unpaired) electrons. The zero-order valence-electron chi connectivity index (χ0n) is 15.8. The number of aryl methyl sites for hydroxylation is 1. The molecule has 0 aliphatic heterocycles. The van der Waals surface area contributed by atoms with Crippen molar-refractivity contribution in [2.45, 2.75) is 18.0 Å². The summed E-state index contributed by atoms with van der Waals surface area (Å²) in [5.41, 5.74) is 1.79. The average molecular weight is 437 g/mol. The number of hydrogen-bond donors (Lipinski definition) is 1. The molecule has 30 heavy (non-hydrogen) atoms. The summed E-state index contributed by atoms with van der Waals surface area (Å²) in [6.45, 7) is 1.86. The minimum Gasteiger partial charge on any atom is -0.475 e. The molecule has 0 fully saturated rings. The van der Waals surface area contributed by atoms with Crippen LogP contribution in [0.25, 0.3) is 11.3 Å². The van der Waals surface area contributed by atoms with E-state index < -0.39 is 21.8 Å². The largest absolute Gasteiger partial charge is 0.475 e. The third kappa shape index (κ3) is 5.55. The molecule has 0 spiro atoms. The van der Waals surface area contributed by atoms with Crippen LogP contribution in [-0.2, 0) is 16.2 Å². The van der Waals surface area contributed by atoms with Gasteiger partial charge in [0.1, 0.15) is 6.61 Å². The topological polar surface area (TPSA) is 81.2 Å². The Morgan fingerprint density at radius 3 is 2.17 bits per heavy atom. The number of alkyl halides is 3. The summed E-state index contributed by atoms with van der Waals surface area (Å²) >= 11 is 0. The van der Waals surface area contributed by atoms with Crippen LogP contribution in [0.5, 0.6) is 5.88 Å². The Kier molecular flexibility index (Phi) is 6.37. The second-order valence-corrected chi connectivity index (χ2v) is 8.16. The van der Waals surface area contributed by atoms with Gasteiger partial charge < -0.3 is 4.74 Å². The third-order valence-corrected chi connectivity index (χ3v) is 5.60. The van der Waals surface area contributed by atoms with Crippen molar-refractivity contribution in [1.29, 1.82) is 0 Å². The molecule has 3 aromatic rings. The summed E-state index contributed by atoms with van der Waals surface area (Å²) < 4.78 is 69.6. The summed E-state index contributed by atoms with van der Waals surface area (Å²) in [4.78, 5) is -0.266. The summed E-state index contributed by atoms with van der Waals surface area (Å²) in [5.74, 6) is 0.222. The van der Waals surface area contributed by atoms with Crippen LogP contribution in [0.3, 0.4) is 0 Å². The molecule has 1 N–H and O–H groups in total. The number of halogens is 3. The van der Waals surface area contributed by atoms with Crippen molar-refractivity contribution in [2.24, 2.45) is 0 Å². The lowest BCUT2D eigenvalue weighted by molar-refractivity contribution is -0.137. The van der Waals surface area contributed by atoms with Gasteiger partial charge in [0.25, 0.3) is 0 Å². The molecule has 0 atom stereocenters. The van der Waals surface area contributed by atoms with Crippen molar-refractivity contribution in [2.75, 3.05) is 13.2 Å². The predicted molar refractivity (Wildman–Crippen MR) is 104 cm³/mol. The maximum absolute atomic E-state index is 12.6. The van der Waals surface area contributed by atoms with E-state index in [1.807, 2.05) is 31.2 Å². The highest BCUT2D eigenvalue weighted by atomic mass is 32.2. The summed E-state index contributed by atoms with van der Waals surface area (Å²) in [5, 5.41) is 8.02. The molecule has 10 heteroatoms. The molecule has 1 aromatic heterocycles. The number of ether oxygens (including phenoxy) is 1. The van der Waals surface area contributed by atoms with Crippen LogP contribution in [0.15, 0.2) is 65.6 Å². The number of rotatable bonds is 7. The molecule has 0 bridgehead atoms. The fraction of sp³-hybridized carbons (Fsp3) is 0.200. The van der Waals surface area contributed by atoms with Crippen LogP contribution in [0.2, 0.25) is 0 Å². The summed E-state index contributed by atoms with van der Waals surface area (Å²) in [7, 11) is -3.96. The molecule has 6 nitrogen and oxygen atoms in total. The first-order valence-corrected chi connectivity index (χ1v) is 10.3. The number of benzene rings is 2. The molecule has 0 aliphatic carbocycles. The zero-order chi connectivity index (χ0) is 21.8. The van der Waals surface area contributed by atoms with Crippen LogP contribution < -0.4 is 9.46 Å². The first-order chi connectivity index (χ1) is 14.1. The summed E-state index contributed by atoms with van der Waals surface area (Å²) in [6.07, 6.45) is -4.53. The Labute approximate surface area is 171 Å². The lowest BCUT2D eigenvalue weighted by Gasteiger charge is -2.10. The van der Waals surface area contributed by atoms with Gasteiger partial charge in [0.2, 0.25) is 15.9 Å². The Bertz CT molecular complexity index is 1080. The van der Waals surface area contributed by atoms with Crippen molar-refractivity contribution >= 4 is 10.0 Å². The Morgan fingerprint density at radius 2 is 1.60 bits per heavy atom. The molecule has 0 saturated carbocycles. The highest BCUT2D eigenvalue weighted by molar-refractivity contribution is 7.89. The quantitative estimate of drug-likeness (QED) is 0.569. The van der Waals surface area contributed by atoms with Crippen LogP contribution in [0.4, 0.5) is 13.2 Å². The maximum atomic E-state index is 12.6. The van der Waals surface area contributed by atoms with E-state index in [0.29, 0.717) is 5.69 Å². The van der Waals surface area contributed by atoms with Crippen LogP contribution in [0, 0.1) is 6.92 Å². The van der Waals surface area contributed by atoms with E-state index in [2.05, 4.69) is 14.9 Å². The highest BCUT2D eigenvalue weighted by Crippen LogP contribution is 2.29. The summed E-state index contributed by atoms with van der Waals surface area (Å²) in [6, 6.07) is 14.4. The average Bonchev–Trinajstić information content (AvgIpc) is 2.72. The number of aromatic nitrogens is 2. The zero-order valence-corrected chi connectivity index (χ0v) is 16.7. The predicted octanol–water partition coefficient (Wildman–Crippen LogP) is 3.83. The number of nitrogens with one attached hydrogen (secondary N) is 1. The molecule has 1 heterocycles. The van der Waals surface area contributed by atoms with Crippen molar-refractivity contribution in [3.63, 3.8) is 0 Å². The van der Waals surface area contributed by atoms with Gasteiger partial charge in [0.15, 0.2) is 0 Å². The molecule has 0 unspecified atom stereocenters. The SMILES string of the molecule is Cc1ccc(-c2ccc(OCCNS(=O)(=O)c3ccc(C(F)(F)F)cc3)nn2)cc1. The molecule has 0 saturated heterocycles. The van der Waals surface area contributed by atoms with Gasteiger partial charge in [0, 0.05) is 18.2 Å². The number of hydrogen-bond acceptors (Lipinski definition) is 5. The van der Waals surface area contributed by atoms with Crippen molar-refractivity contribution in [3.8, 4) is 17.1 Å². The van der Waals surface area contributed by atoms with Gasteiger partial charge in [-0.25, -0.2) is 13.1 Å². The second-order valence-electron chi connectivity index (χ2n) is 6.39. The number of sulfonamides is 1. The van der Waals surface area contributed by atoms with Gasteiger partial charge in [-0.15, -0.1) is 10.2 Å². The van der Waals surface area contributed by atoms with Gasteiger partial charge >= 0.3 is 6.18 Å². The molecule has 0 amide bonds. The van der Waals surface area contributed by atoms with Gasteiger partial charge in [0.05, 0.1) is 16.2 Å². The molecule has 158 valence electrons. The fourth-order valence-electron chi connectivity index (χ4n) is 2.51. The van der Waals surface area contributed by atoms with E-state index in [9.17, 15) is 21.6 Å². The van der Waals surface area contributed by atoms with Gasteiger partial charge in [-0.1, -0.05) is 29.8 Å². The highest BCUT2D eigenvalue weighted by Gasteiger charge is 2.30. The van der Waals surface area contributed by atoms with Crippen LogP contribution in [0.1, 0.15) is 11.1 Å². The van der Waals surface area contributed by atoms with E-state index in [1.165, 1.54) is 0 Å². The maximum Gasteiger partial charge on any atom is 0.416 e. The minimum atomic E-state index is -4.53. The molecular weight excluding hydrogens is 419 g/mol. The lowest BCUT2D eigenvalue weighted by Crippen LogP contribution is -2.28. The minimum absolute atomic E-state index is 0.0293. The standard InChI is InChI=1S/C20H18F3N3O3S/c1-14-2-4-15(5-3-14)18-10-11-19(26-25-18)29-13-12-24-30(27,28)17-8-6-16(7-9-17)20(21,22)23/h2-11,24H,12-13H2,1H3. The van der Waals surface area contributed by atoms with E-state index in [1.54, 1.807) is 12.1 Å². The van der Waals surface area contributed by atoms with E-state index >= 15 is 0 Å². The number of nitrogens with zero attached hydrogens (tertiary/aromatic N) is 2. The normalized spacial score (nSPS) is 12.0. The Balaban J connectivity index is 1.52. The van der Waals surface area contributed by atoms with Gasteiger partial charge in [-0.2, -0.15) is 13.2 Å². The molecular formula is C20H18F3N3O3S. The van der Waals surface area contributed by atoms with Crippen molar-refractivity contribution in [1.82, 2.24) is 14.9 Å². The van der Waals surface area contributed by atoms with Crippen LogP contribution >= 0.6 is 0 Å². The monoisotopic (exact) mass is 437 g/mol. The van der Waals surface area contributed by atoms with E-state index in [0.717, 1.165) is 35.4 Å². The Morgan fingerprint density at radius 1 is 0.933 bits per heavy atom. The fourth-order valence-corrected chi connectivity index (χ4v) is 3.53. The second kappa shape index (κ2) is 8.80. The molecule has 3 rings (SSSR count). The van der Waals surface area contributed by atoms with E-state index in [-0.39, 0.29) is 23.9 Å². The third-order valence-electron chi connectivity index (χ3n) is 4.12. The molecule has 0 aliphatic rings.